The van der Waals surface area contributed by atoms with Crippen molar-refractivity contribution < 1.29 is 28.0 Å². The van der Waals surface area contributed by atoms with E-state index in [1.165, 1.54) is 0 Å². The standard InChI is InChI=1S/C51H60N7O6P/c1-8-44(62-51(38-18-13-10-14-19-38,39-20-24-41(59-6)25-21-39)40-22-26-42(60-7)27-23-40)50-29-28-43(46(50)64-65(61-31-15-30-52)58(35(2)3)36(4)5)49(63-50)57-34-56-45-47(54-33-55-48(45)57)53-32-37-16-11-9-12-17-37/h9-14,16-27,33-36,43-44,46,49H,8,15,28-29,31-32H2,1-7H3,(H,53,54,55)/t43-,44-,46-,49?,50?,65?/m1/s1. The van der Waals surface area contributed by atoms with E-state index in [0.717, 1.165) is 40.2 Å². The van der Waals surface area contributed by atoms with Gasteiger partial charge in [-0.2, -0.15) is 5.26 Å². The van der Waals surface area contributed by atoms with Crippen molar-refractivity contribution in [2.45, 2.75) is 109 Å². The lowest BCUT2D eigenvalue weighted by Crippen LogP contribution is -2.53. The van der Waals surface area contributed by atoms with Gasteiger partial charge in [0.1, 0.15) is 41.4 Å². The van der Waals surface area contributed by atoms with Gasteiger partial charge in [0.25, 0.3) is 8.53 Å². The molecule has 2 fully saturated rings. The van der Waals surface area contributed by atoms with Gasteiger partial charge in [0.15, 0.2) is 17.0 Å². The van der Waals surface area contributed by atoms with Crippen LogP contribution in [0.4, 0.5) is 5.82 Å². The second-order valence-electron chi connectivity index (χ2n) is 17.1. The fourth-order valence-corrected chi connectivity index (χ4v) is 11.6. The molecule has 1 saturated heterocycles. The first-order chi connectivity index (χ1) is 31.7. The lowest BCUT2D eigenvalue weighted by molar-refractivity contribution is -0.208. The van der Waals surface area contributed by atoms with Crippen LogP contribution in [0.3, 0.4) is 0 Å². The molecule has 3 unspecified atom stereocenters. The van der Waals surface area contributed by atoms with Crippen LogP contribution in [0, 0.1) is 17.2 Å². The Morgan fingerprint density at radius 1 is 0.862 bits per heavy atom. The lowest BCUT2D eigenvalue weighted by atomic mass is 9.78. The third kappa shape index (κ3) is 9.09. The highest BCUT2D eigenvalue weighted by Crippen LogP contribution is 2.62. The summed E-state index contributed by atoms with van der Waals surface area (Å²) in [6.07, 6.45) is 4.16. The molecule has 1 aliphatic carbocycles. The normalized spacial score (nSPS) is 20.4. The number of methoxy groups -OCH3 is 2. The van der Waals surface area contributed by atoms with Crippen molar-refractivity contribution in [3.05, 3.63) is 144 Å². The number of hydrogen-bond donors (Lipinski definition) is 1. The van der Waals surface area contributed by atoms with Crippen LogP contribution < -0.4 is 14.8 Å². The molecule has 2 aliphatic rings. The van der Waals surface area contributed by atoms with E-state index in [2.05, 4.69) is 104 Å². The van der Waals surface area contributed by atoms with E-state index in [4.69, 9.17) is 38.0 Å². The first kappa shape index (κ1) is 46.1. The van der Waals surface area contributed by atoms with Gasteiger partial charge in [-0.25, -0.2) is 19.6 Å². The second kappa shape index (κ2) is 20.4. The zero-order valence-electron chi connectivity index (χ0n) is 38.3. The summed E-state index contributed by atoms with van der Waals surface area (Å²) in [6, 6.07) is 39.2. The number of aromatic nitrogens is 4. The van der Waals surface area contributed by atoms with Gasteiger partial charge in [-0.3, -0.25) is 4.57 Å². The summed E-state index contributed by atoms with van der Waals surface area (Å²) in [4.78, 5) is 14.3. The molecule has 1 aliphatic heterocycles. The van der Waals surface area contributed by atoms with Gasteiger partial charge in [0.05, 0.1) is 45.7 Å². The van der Waals surface area contributed by atoms with Crippen LogP contribution in [0.2, 0.25) is 0 Å². The molecule has 2 bridgehead atoms. The number of benzene rings is 4. The Labute approximate surface area is 384 Å². The third-order valence-electron chi connectivity index (χ3n) is 12.7. The summed E-state index contributed by atoms with van der Waals surface area (Å²) >= 11 is 0. The molecule has 0 amide bonds. The summed E-state index contributed by atoms with van der Waals surface area (Å²) < 4.78 is 45.4. The van der Waals surface area contributed by atoms with Crippen LogP contribution in [-0.2, 0) is 30.7 Å². The molecule has 1 saturated carbocycles. The van der Waals surface area contributed by atoms with Crippen molar-refractivity contribution in [2.75, 3.05) is 26.1 Å². The molecule has 14 heteroatoms. The number of imidazole rings is 1. The maximum atomic E-state index is 9.60. The highest BCUT2D eigenvalue weighted by atomic mass is 31.2. The number of fused-ring (bicyclic) bond motifs is 3. The van der Waals surface area contributed by atoms with Gasteiger partial charge >= 0.3 is 0 Å². The molecule has 0 spiro atoms. The SMILES string of the molecule is CC[C@@H](OC(c1ccccc1)(c1ccc(OC)cc1)c1ccc(OC)cc1)C12CC[C@@H](C(n3cnc4c(NCc5ccccc5)ncnc43)O1)[C@H]2OP(OCCC#N)N(C(C)C)C(C)C. The molecule has 6 aromatic rings. The number of hydrogen-bond acceptors (Lipinski definition) is 12. The van der Waals surface area contributed by atoms with Crippen molar-refractivity contribution in [1.82, 2.24) is 24.2 Å². The van der Waals surface area contributed by atoms with Crippen LogP contribution in [-0.4, -0.2) is 74.9 Å². The van der Waals surface area contributed by atoms with Gasteiger partial charge in [-0.1, -0.05) is 91.9 Å². The van der Waals surface area contributed by atoms with E-state index >= 15 is 0 Å². The Hall–Kier alpha value is -5.45. The monoisotopic (exact) mass is 897 g/mol. The fourth-order valence-electron chi connectivity index (χ4n) is 9.74. The third-order valence-corrected chi connectivity index (χ3v) is 14.8. The Bertz CT molecular complexity index is 2450. The minimum Gasteiger partial charge on any atom is -0.497 e. The van der Waals surface area contributed by atoms with Gasteiger partial charge < -0.3 is 33.3 Å². The van der Waals surface area contributed by atoms with E-state index in [9.17, 15) is 5.26 Å². The smallest absolute Gasteiger partial charge is 0.259 e. The van der Waals surface area contributed by atoms with E-state index in [1.54, 1.807) is 20.5 Å². The summed E-state index contributed by atoms with van der Waals surface area (Å²) in [5.41, 5.74) is 3.14. The number of nitriles is 1. The van der Waals surface area contributed by atoms with Crippen LogP contribution in [0.1, 0.15) is 88.8 Å². The molecule has 3 heterocycles. The number of rotatable bonds is 21. The fraction of sp³-hybridized carbons (Fsp3) is 0.412. The number of nitrogens with one attached hydrogen (secondary N) is 1. The Morgan fingerprint density at radius 3 is 2.06 bits per heavy atom. The summed E-state index contributed by atoms with van der Waals surface area (Å²) in [6.45, 7) is 11.6. The Balaban J connectivity index is 1.27. The highest BCUT2D eigenvalue weighted by Gasteiger charge is 2.67. The quantitative estimate of drug-likeness (QED) is 0.0418. The van der Waals surface area contributed by atoms with Crippen molar-refractivity contribution in [3.63, 3.8) is 0 Å². The molecular formula is C51H60N7O6P. The molecule has 65 heavy (non-hydrogen) atoms. The molecule has 4 aromatic carbocycles. The maximum Gasteiger partial charge on any atom is 0.259 e. The Kier molecular flexibility index (Phi) is 14.5. The summed E-state index contributed by atoms with van der Waals surface area (Å²) in [5.74, 6) is 1.98. The molecule has 6 atom stereocenters. The minimum absolute atomic E-state index is 0.0973. The average Bonchev–Trinajstić information content (AvgIpc) is 4.02. The Morgan fingerprint density at radius 2 is 1.48 bits per heavy atom. The lowest BCUT2D eigenvalue weighted by Gasteiger charge is -2.46. The maximum absolute atomic E-state index is 9.60. The van der Waals surface area contributed by atoms with Gasteiger partial charge in [-0.05, 0) is 93.5 Å². The number of nitrogens with zero attached hydrogens (tertiary/aromatic N) is 6. The first-order valence-corrected chi connectivity index (χ1v) is 23.7. The zero-order valence-corrected chi connectivity index (χ0v) is 39.2. The molecule has 0 radical (unpaired) electrons. The van der Waals surface area contributed by atoms with Gasteiger partial charge in [0.2, 0.25) is 0 Å². The highest BCUT2D eigenvalue weighted by molar-refractivity contribution is 7.44. The molecule has 13 nitrogen and oxygen atoms in total. The van der Waals surface area contributed by atoms with Crippen LogP contribution >= 0.6 is 8.53 Å². The molecule has 340 valence electrons. The van der Waals surface area contributed by atoms with Gasteiger partial charge in [-0.15, -0.1) is 0 Å². The number of ether oxygens (including phenoxy) is 4. The average molecular weight is 898 g/mol. The predicted molar refractivity (Wildman–Crippen MR) is 252 cm³/mol. The second-order valence-corrected chi connectivity index (χ2v) is 18.5. The molecule has 2 aromatic heterocycles. The van der Waals surface area contributed by atoms with Crippen LogP contribution in [0.25, 0.3) is 11.2 Å². The van der Waals surface area contributed by atoms with Crippen molar-refractivity contribution in [2.24, 2.45) is 5.92 Å². The van der Waals surface area contributed by atoms with E-state index in [-0.39, 0.29) is 31.0 Å². The zero-order chi connectivity index (χ0) is 45.6. The first-order valence-electron chi connectivity index (χ1n) is 22.6. The molecule has 1 N–H and O–H groups in total. The van der Waals surface area contributed by atoms with Crippen molar-refractivity contribution in [1.29, 1.82) is 5.26 Å². The predicted octanol–water partition coefficient (Wildman–Crippen LogP) is 10.6. The molecule has 8 rings (SSSR count). The summed E-state index contributed by atoms with van der Waals surface area (Å²) in [5, 5.41) is 13.1. The van der Waals surface area contributed by atoms with Crippen molar-refractivity contribution in [3.8, 4) is 17.6 Å². The summed E-state index contributed by atoms with van der Waals surface area (Å²) in [7, 11) is 1.68. The number of anilines is 1. The van der Waals surface area contributed by atoms with E-state index in [0.29, 0.717) is 36.4 Å². The van der Waals surface area contributed by atoms with Gasteiger partial charge in [0, 0.05) is 24.5 Å². The molecular weight excluding hydrogens is 838 g/mol. The van der Waals surface area contributed by atoms with Crippen molar-refractivity contribution >= 4 is 25.5 Å². The van der Waals surface area contributed by atoms with E-state index < -0.39 is 38.2 Å². The van der Waals surface area contributed by atoms with Crippen LogP contribution in [0.5, 0.6) is 11.5 Å². The topological polar surface area (TPSA) is 138 Å². The minimum atomic E-state index is -1.66. The largest absolute Gasteiger partial charge is 0.497 e. The van der Waals surface area contributed by atoms with E-state index in [1.807, 2.05) is 71.6 Å². The van der Waals surface area contributed by atoms with Crippen LogP contribution in [0.15, 0.2) is 122 Å².